The summed E-state index contributed by atoms with van der Waals surface area (Å²) >= 11 is 0. The first-order valence-electron chi connectivity index (χ1n) is 4.05. The first kappa shape index (κ1) is 10.5. The number of para-hydroxylation sites is 1. The number of carbonyl (C=O) groups excluding carboxylic acids is 1. The van der Waals surface area contributed by atoms with Crippen LogP contribution in [0.4, 0.5) is 5.69 Å². The van der Waals surface area contributed by atoms with Crippen molar-refractivity contribution in [3.8, 4) is 0 Å². The minimum absolute atomic E-state index is 0.330. The number of aliphatic hydroxyl groups excluding tert-OH is 1. The summed E-state index contributed by atoms with van der Waals surface area (Å²) in [6, 6.07) is 6.53. The summed E-state index contributed by atoms with van der Waals surface area (Å²) < 4.78 is 0. The molecule has 0 fully saturated rings. The van der Waals surface area contributed by atoms with Crippen molar-refractivity contribution in [2.45, 2.75) is 6.10 Å². The number of anilines is 1. The average molecular weight is 197 g/mol. The van der Waals surface area contributed by atoms with Gasteiger partial charge in [-0.05, 0) is 6.07 Å². The van der Waals surface area contributed by atoms with Crippen LogP contribution in [0, 0.1) is 0 Å². The van der Waals surface area contributed by atoms with Crippen LogP contribution in [0.15, 0.2) is 24.3 Å². The molecule has 5 heteroatoms. The SMILES string of the molecule is CN([OH2+])C(=O)[C@H](O)c1ccccc1N. The van der Waals surface area contributed by atoms with Crippen LogP contribution in [0.3, 0.4) is 0 Å². The summed E-state index contributed by atoms with van der Waals surface area (Å²) in [7, 11) is 1.25. The third-order valence-electron chi connectivity index (χ3n) is 1.86. The molecule has 76 valence electrons. The molecular formula is C9H13N2O3+. The number of nitrogen functional groups attached to an aromatic ring is 1. The molecule has 14 heavy (non-hydrogen) atoms. The third kappa shape index (κ3) is 2.01. The number of carbonyl (C=O) groups is 1. The minimum Gasteiger partial charge on any atom is -0.398 e. The highest BCUT2D eigenvalue weighted by Gasteiger charge is 2.24. The van der Waals surface area contributed by atoms with Crippen LogP contribution in [-0.4, -0.2) is 28.3 Å². The fourth-order valence-corrected chi connectivity index (χ4v) is 1.08. The second-order valence-corrected chi connectivity index (χ2v) is 2.93. The first-order valence-corrected chi connectivity index (χ1v) is 4.05. The Labute approximate surface area is 81.3 Å². The Balaban J connectivity index is 2.95. The van der Waals surface area contributed by atoms with E-state index in [0.717, 1.165) is 0 Å². The lowest BCUT2D eigenvalue weighted by molar-refractivity contribution is -0.169. The van der Waals surface area contributed by atoms with E-state index in [0.29, 0.717) is 16.3 Å². The third-order valence-corrected chi connectivity index (χ3v) is 1.86. The molecule has 1 atom stereocenters. The molecule has 0 radical (unpaired) electrons. The number of hydrogen-bond donors (Lipinski definition) is 2. The maximum Gasteiger partial charge on any atom is 0.319 e. The van der Waals surface area contributed by atoms with Gasteiger partial charge < -0.3 is 16.0 Å². The highest BCUT2D eigenvalue weighted by molar-refractivity contribution is 5.82. The summed E-state index contributed by atoms with van der Waals surface area (Å²) in [5, 5.41) is 17.1. The normalized spacial score (nSPS) is 12.2. The van der Waals surface area contributed by atoms with Gasteiger partial charge in [-0.3, -0.25) is 4.79 Å². The second-order valence-electron chi connectivity index (χ2n) is 2.93. The number of likely N-dealkylation sites (N-methyl/N-ethyl adjacent to an activating group) is 1. The van der Waals surface area contributed by atoms with Gasteiger partial charge in [0.05, 0.1) is 7.05 Å². The number of rotatable bonds is 2. The summed E-state index contributed by atoms with van der Waals surface area (Å²) in [4.78, 5) is 11.2. The Hall–Kier alpha value is -1.59. The average Bonchev–Trinajstić information content (AvgIpc) is 2.16. The molecule has 0 unspecified atom stereocenters. The van der Waals surface area contributed by atoms with Gasteiger partial charge in [-0.15, -0.1) is 5.06 Å². The van der Waals surface area contributed by atoms with Crippen molar-refractivity contribution < 1.29 is 15.1 Å². The summed E-state index contributed by atoms with van der Waals surface area (Å²) in [5.74, 6) is -0.706. The fraction of sp³-hybridized carbons (Fsp3) is 0.222. The van der Waals surface area contributed by atoms with E-state index in [2.05, 4.69) is 0 Å². The molecule has 0 saturated carbocycles. The standard InChI is InChI=1S/C9H12N2O3/c1-11(14)9(13)8(12)6-4-2-3-5-7(6)10/h2-5,8,12,14H,10H2,1H3/p+1/t8-/m1/s1. The summed E-state index contributed by atoms with van der Waals surface area (Å²) in [5.41, 5.74) is 6.24. The Kier molecular flexibility index (Phi) is 3.06. The van der Waals surface area contributed by atoms with E-state index in [-0.39, 0.29) is 0 Å². The monoisotopic (exact) mass is 197 g/mol. The van der Waals surface area contributed by atoms with E-state index in [9.17, 15) is 9.90 Å². The zero-order valence-electron chi connectivity index (χ0n) is 7.77. The first-order chi connectivity index (χ1) is 6.54. The number of aliphatic hydroxyl groups is 1. The van der Waals surface area contributed by atoms with Gasteiger partial charge in [-0.25, -0.2) is 0 Å². The van der Waals surface area contributed by atoms with Crippen molar-refractivity contribution in [2.75, 3.05) is 12.8 Å². The minimum atomic E-state index is -1.36. The molecule has 0 aliphatic carbocycles. The molecule has 0 bridgehead atoms. The quantitative estimate of drug-likeness (QED) is 0.377. The van der Waals surface area contributed by atoms with Crippen molar-refractivity contribution in [1.82, 2.24) is 5.06 Å². The topological polar surface area (TPSA) is 89.5 Å². The van der Waals surface area contributed by atoms with Gasteiger partial charge in [-0.1, -0.05) is 18.2 Å². The number of nitrogens with two attached hydrogens (primary N) is 1. The highest BCUT2D eigenvalue weighted by atomic mass is 16.5. The van der Waals surface area contributed by atoms with E-state index in [1.807, 2.05) is 0 Å². The molecule has 0 saturated heterocycles. The largest absolute Gasteiger partial charge is 0.398 e. The highest BCUT2D eigenvalue weighted by Crippen LogP contribution is 2.20. The van der Waals surface area contributed by atoms with Crippen LogP contribution in [0.1, 0.15) is 11.7 Å². The van der Waals surface area contributed by atoms with Gasteiger partial charge in [0.2, 0.25) is 0 Å². The smallest absolute Gasteiger partial charge is 0.319 e. The zero-order chi connectivity index (χ0) is 10.7. The van der Waals surface area contributed by atoms with E-state index >= 15 is 0 Å². The van der Waals surface area contributed by atoms with Crippen LogP contribution in [0.2, 0.25) is 0 Å². The molecule has 1 aromatic carbocycles. The van der Waals surface area contributed by atoms with E-state index in [4.69, 9.17) is 10.9 Å². The maximum atomic E-state index is 11.2. The predicted molar refractivity (Wildman–Crippen MR) is 52.2 cm³/mol. The molecule has 1 amide bonds. The number of hydrogen-bond acceptors (Lipinski definition) is 3. The predicted octanol–water partition coefficient (Wildman–Crippen LogP) is -0.600. The summed E-state index contributed by atoms with van der Waals surface area (Å²) in [6.07, 6.45) is -1.36. The molecule has 0 spiro atoms. The van der Waals surface area contributed by atoms with Crippen LogP contribution >= 0.6 is 0 Å². The van der Waals surface area contributed by atoms with Crippen LogP contribution < -0.4 is 5.73 Å². The molecule has 0 aliphatic rings. The van der Waals surface area contributed by atoms with Crippen molar-refractivity contribution in [3.05, 3.63) is 29.8 Å². The lowest BCUT2D eigenvalue weighted by Crippen LogP contribution is -2.29. The van der Waals surface area contributed by atoms with Gasteiger partial charge in [0.25, 0.3) is 0 Å². The van der Waals surface area contributed by atoms with E-state index in [1.54, 1.807) is 24.3 Å². The van der Waals surface area contributed by atoms with Gasteiger partial charge in [0.15, 0.2) is 6.10 Å². The lowest BCUT2D eigenvalue weighted by atomic mass is 10.1. The van der Waals surface area contributed by atoms with Crippen molar-refractivity contribution >= 4 is 11.6 Å². The van der Waals surface area contributed by atoms with Gasteiger partial charge >= 0.3 is 5.91 Å². The number of hydroxylamine groups is 2. The van der Waals surface area contributed by atoms with Gasteiger partial charge in [-0.2, -0.15) is 0 Å². The molecule has 1 aromatic rings. The lowest BCUT2D eigenvalue weighted by Gasteiger charge is -2.13. The maximum absolute atomic E-state index is 11.2. The second kappa shape index (κ2) is 4.08. The number of benzene rings is 1. The van der Waals surface area contributed by atoms with E-state index < -0.39 is 12.0 Å². The molecule has 5 nitrogen and oxygen atoms in total. The van der Waals surface area contributed by atoms with Crippen molar-refractivity contribution in [1.29, 1.82) is 0 Å². The molecule has 0 aliphatic heterocycles. The Morgan fingerprint density at radius 2 is 2.14 bits per heavy atom. The zero-order valence-corrected chi connectivity index (χ0v) is 7.77. The molecule has 5 N–H and O–H groups in total. The van der Waals surface area contributed by atoms with Crippen LogP contribution in [-0.2, 0) is 4.79 Å². The molecular weight excluding hydrogens is 184 g/mol. The van der Waals surface area contributed by atoms with Gasteiger partial charge in [0, 0.05) is 11.3 Å². The molecule has 1 rings (SSSR count). The molecule has 0 heterocycles. The summed E-state index contributed by atoms with van der Waals surface area (Å²) in [6.45, 7) is 0. The Morgan fingerprint density at radius 3 is 2.64 bits per heavy atom. The molecule has 0 aromatic heterocycles. The van der Waals surface area contributed by atoms with Crippen LogP contribution in [0.5, 0.6) is 0 Å². The van der Waals surface area contributed by atoms with Crippen molar-refractivity contribution in [2.24, 2.45) is 0 Å². The fourth-order valence-electron chi connectivity index (χ4n) is 1.08. The number of amides is 1. The van der Waals surface area contributed by atoms with Crippen LogP contribution in [0.25, 0.3) is 0 Å². The van der Waals surface area contributed by atoms with Crippen molar-refractivity contribution in [3.63, 3.8) is 0 Å². The number of nitrogens with zero attached hydrogens (tertiary/aromatic N) is 1. The van der Waals surface area contributed by atoms with Gasteiger partial charge in [0.1, 0.15) is 0 Å². The van der Waals surface area contributed by atoms with E-state index in [1.165, 1.54) is 7.05 Å². The Morgan fingerprint density at radius 1 is 1.57 bits per heavy atom. The Bertz CT molecular complexity index is 339.